The lowest BCUT2D eigenvalue weighted by atomic mass is 10.1. The molecule has 0 aliphatic carbocycles. The largest absolute Gasteiger partial charge is 0.361 e. The zero-order chi connectivity index (χ0) is 18.4. The number of hydrogen-bond acceptors (Lipinski definition) is 3. The Labute approximate surface area is 172 Å². The van der Waals surface area contributed by atoms with Gasteiger partial charge in [-0.25, -0.2) is 4.98 Å². The zero-order valence-corrected chi connectivity index (χ0v) is 16.8. The third-order valence-corrected chi connectivity index (χ3v) is 5.49. The number of nitrogens with zero attached hydrogens (tertiary/aromatic N) is 2. The second kappa shape index (κ2) is 9.67. The first-order valence-electron chi connectivity index (χ1n) is 7.97. The topological polar surface area (TPSA) is 27.1 Å². The predicted octanol–water partition coefficient (Wildman–Crippen LogP) is 6.31. The van der Waals surface area contributed by atoms with Crippen molar-refractivity contribution < 1.29 is 4.74 Å². The van der Waals surface area contributed by atoms with Crippen LogP contribution in [0.5, 0.6) is 0 Å². The van der Waals surface area contributed by atoms with E-state index in [-0.39, 0.29) is 11.5 Å². The molecular weight excluding hydrogens is 411 g/mol. The van der Waals surface area contributed by atoms with Crippen molar-refractivity contribution in [2.45, 2.75) is 22.9 Å². The van der Waals surface area contributed by atoms with Gasteiger partial charge < -0.3 is 9.30 Å². The molecule has 0 aliphatic rings. The van der Waals surface area contributed by atoms with Crippen LogP contribution in [0.3, 0.4) is 0 Å². The van der Waals surface area contributed by atoms with Crippen molar-refractivity contribution in [3.05, 3.63) is 82.9 Å². The van der Waals surface area contributed by atoms with Crippen LogP contribution in [0.4, 0.5) is 0 Å². The van der Waals surface area contributed by atoms with E-state index in [1.807, 2.05) is 59.3 Å². The van der Waals surface area contributed by atoms with E-state index in [2.05, 4.69) is 4.98 Å². The summed E-state index contributed by atoms with van der Waals surface area (Å²) >= 11 is 20.2. The van der Waals surface area contributed by atoms with E-state index < -0.39 is 0 Å². The van der Waals surface area contributed by atoms with E-state index in [4.69, 9.17) is 39.5 Å². The van der Waals surface area contributed by atoms with Crippen molar-refractivity contribution in [3.8, 4) is 0 Å². The molecule has 3 rings (SSSR count). The minimum atomic E-state index is -0.267. The molecule has 0 saturated carbocycles. The number of aromatic nitrogens is 2. The van der Waals surface area contributed by atoms with Crippen molar-refractivity contribution in [1.82, 2.24) is 9.55 Å². The molecule has 3 nitrogen and oxygen atoms in total. The van der Waals surface area contributed by atoms with E-state index in [0.717, 1.165) is 15.5 Å². The maximum absolute atomic E-state index is 6.68. The van der Waals surface area contributed by atoms with E-state index in [1.165, 1.54) is 0 Å². The van der Waals surface area contributed by atoms with Crippen LogP contribution in [-0.4, -0.2) is 20.9 Å². The maximum atomic E-state index is 6.68. The minimum absolute atomic E-state index is 0.254. The van der Waals surface area contributed by atoms with Gasteiger partial charge in [-0.1, -0.05) is 47.1 Å². The van der Waals surface area contributed by atoms with Gasteiger partial charge in [-0.3, -0.25) is 0 Å². The lowest BCUT2D eigenvalue weighted by Gasteiger charge is -2.23. The smallest absolute Gasteiger partial charge is 0.102 e. The molecule has 0 N–H and O–H groups in total. The second-order valence-electron chi connectivity index (χ2n) is 5.63. The molecule has 1 aromatic heterocycles. The van der Waals surface area contributed by atoms with Crippen molar-refractivity contribution in [1.29, 1.82) is 0 Å². The minimum Gasteiger partial charge on any atom is -0.361 e. The summed E-state index contributed by atoms with van der Waals surface area (Å²) < 4.78 is 8.07. The highest BCUT2D eigenvalue weighted by Crippen LogP contribution is 2.30. The quantitative estimate of drug-likeness (QED) is 0.239. The fraction of sp³-hybridized carbons (Fsp3) is 0.211. The third-order valence-electron chi connectivity index (χ3n) is 3.76. The molecule has 136 valence electrons. The Morgan fingerprint density at radius 3 is 2.27 bits per heavy atom. The Balaban J connectivity index is 1.67. The SMILES string of the molecule is Clc1ccc(SCOC(c2ccc(Cl)cc2)C(Cl)Cn2ccnc2)cc1. The molecule has 2 aromatic carbocycles. The number of imidazole rings is 1. The molecule has 7 heteroatoms. The van der Waals surface area contributed by atoms with Gasteiger partial charge in [-0.2, -0.15) is 0 Å². The normalized spacial score (nSPS) is 13.5. The Bertz CT molecular complexity index is 795. The zero-order valence-electron chi connectivity index (χ0n) is 13.8. The molecule has 0 amide bonds. The van der Waals surface area contributed by atoms with Gasteiger partial charge in [0.05, 0.1) is 17.6 Å². The molecule has 3 aromatic rings. The lowest BCUT2D eigenvalue weighted by Crippen LogP contribution is -2.21. The van der Waals surface area contributed by atoms with E-state index in [0.29, 0.717) is 17.5 Å². The van der Waals surface area contributed by atoms with Gasteiger partial charge in [0.2, 0.25) is 0 Å². The first-order valence-corrected chi connectivity index (χ1v) is 10.1. The Kier molecular flexibility index (Phi) is 7.29. The Hall–Kier alpha value is -1.17. The van der Waals surface area contributed by atoms with Gasteiger partial charge in [0.1, 0.15) is 6.10 Å². The number of benzene rings is 2. The summed E-state index contributed by atoms with van der Waals surface area (Å²) in [5, 5.41) is 1.15. The van der Waals surface area contributed by atoms with E-state index in [9.17, 15) is 0 Å². The molecule has 0 fully saturated rings. The summed E-state index contributed by atoms with van der Waals surface area (Å²) in [4.78, 5) is 5.15. The highest BCUT2D eigenvalue weighted by Gasteiger charge is 2.23. The molecule has 0 aliphatic heterocycles. The number of alkyl halides is 1. The number of thioether (sulfide) groups is 1. The van der Waals surface area contributed by atoms with Crippen molar-refractivity contribution in [2.75, 3.05) is 5.94 Å². The van der Waals surface area contributed by atoms with Crippen molar-refractivity contribution in [2.24, 2.45) is 0 Å². The van der Waals surface area contributed by atoms with Crippen molar-refractivity contribution >= 4 is 46.6 Å². The summed E-state index contributed by atoms with van der Waals surface area (Å²) in [6.45, 7) is 0.598. The molecule has 2 atom stereocenters. The molecule has 0 bridgehead atoms. The van der Waals surface area contributed by atoms with Crippen LogP contribution in [0.1, 0.15) is 11.7 Å². The molecule has 2 unspecified atom stereocenters. The molecule has 0 radical (unpaired) electrons. The van der Waals surface area contributed by atoms with Crippen LogP contribution in [0.25, 0.3) is 0 Å². The van der Waals surface area contributed by atoms with Gasteiger partial charge >= 0.3 is 0 Å². The van der Waals surface area contributed by atoms with Crippen molar-refractivity contribution in [3.63, 3.8) is 0 Å². The van der Waals surface area contributed by atoms with Crippen LogP contribution < -0.4 is 0 Å². The maximum Gasteiger partial charge on any atom is 0.102 e. The fourth-order valence-corrected chi connectivity index (χ4v) is 3.77. The second-order valence-corrected chi connectivity index (χ2v) is 8.06. The van der Waals surface area contributed by atoms with Gasteiger partial charge in [0.25, 0.3) is 0 Å². The van der Waals surface area contributed by atoms with Gasteiger partial charge in [0.15, 0.2) is 0 Å². The van der Waals surface area contributed by atoms with Gasteiger partial charge in [-0.15, -0.1) is 11.6 Å². The summed E-state index contributed by atoms with van der Waals surface area (Å²) in [7, 11) is 0. The van der Waals surface area contributed by atoms with Crippen LogP contribution in [0.15, 0.2) is 72.1 Å². The van der Waals surface area contributed by atoms with Crippen LogP contribution in [-0.2, 0) is 11.3 Å². The highest BCUT2D eigenvalue weighted by atomic mass is 35.5. The summed E-state index contributed by atoms with van der Waals surface area (Å²) in [6.07, 6.45) is 5.10. The van der Waals surface area contributed by atoms with E-state index in [1.54, 1.807) is 24.3 Å². The third kappa shape index (κ3) is 5.66. The number of halogens is 3. The fourth-order valence-electron chi connectivity index (χ4n) is 2.46. The molecular formula is C19H17Cl3N2OS. The monoisotopic (exact) mass is 426 g/mol. The van der Waals surface area contributed by atoms with Crippen LogP contribution in [0.2, 0.25) is 10.0 Å². The number of rotatable bonds is 8. The Morgan fingerprint density at radius 2 is 1.65 bits per heavy atom. The highest BCUT2D eigenvalue weighted by molar-refractivity contribution is 7.99. The summed E-state index contributed by atoms with van der Waals surface area (Å²) in [6, 6.07) is 15.3. The predicted molar refractivity (Wildman–Crippen MR) is 109 cm³/mol. The first kappa shape index (κ1) is 19.6. The Morgan fingerprint density at radius 1 is 1.00 bits per heavy atom. The number of hydrogen-bond donors (Lipinski definition) is 0. The summed E-state index contributed by atoms with van der Waals surface area (Å²) in [5.74, 6) is 0.474. The first-order chi connectivity index (χ1) is 12.6. The molecule has 0 spiro atoms. The molecule has 26 heavy (non-hydrogen) atoms. The molecule has 1 heterocycles. The van der Waals surface area contributed by atoms with E-state index >= 15 is 0 Å². The van der Waals surface area contributed by atoms with Gasteiger partial charge in [0, 0.05) is 33.9 Å². The summed E-state index contributed by atoms with van der Waals surface area (Å²) in [5.41, 5.74) is 0.992. The average Bonchev–Trinajstić information content (AvgIpc) is 3.14. The molecule has 0 saturated heterocycles. The standard InChI is InChI=1S/C19H17Cl3N2OS/c20-15-3-1-14(2-4-15)19(18(22)11-24-10-9-23-12-24)25-13-26-17-7-5-16(21)6-8-17/h1-10,12,18-19H,11,13H2. The van der Waals surface area contributed by atoms with Crippen LogP contribution in [0, 0.1) is 0 Å². The van der Waals surface area contributed by atoms with Gasteiger partial charge in [-0.05, 0) is 42.0 Å². The lowest BCUT2D eigenvalue weighted by molar-refractivity contribution is 0.0827. The van der Waals surface area contributed by atoms with Crippen LogP contribution >= 0.6 is 46.6 Å². The average molecular weight is 428 g/mol. The number of ether oxygens (including phenoxy) is 1.